The number of rotatable bonds is 7. The molecule has 0 fully saturated rings. The zero-order valence-corrected chi connectivity index (χ0v) is 14.8. The minimum atomic E-state index is -3.27. The molecule has 0 aromatic carbocycles. The Kier molecular flexibility index (Phi) is 4.70. The lowest BCUT2D eigenvalue weighted by Gasteiger charge is -2.15. The summed E-state index contributed by atoms with van der Waals surface area (Å²) < 4.78 is 38.3. The standard InChI is InChI=1S/C14H21N5O4S/c1-4-5-6-24(20,21)19-7-10-11(8-19)18(2)16-13(10)14-15-12(9-22-3)17-23-14/h4-9H2,1-3H3. The van der Waals surface area contributed by atoms with Crippen LogP contribution < -0.4 is 0 Å². The third-order valence-corrected chi connectivity index (χ3v) is 5.88. The van der Waals surface area contributed by atoms with Gasteiger partial charge in [0.2, 0.25) is 10.0 Å². The van der Waals surface area contributed by atoms with Crippen LogP contribution in [0.2, 0.25) is 0 Å². The summed E-state index contributed by atoms with van der Waals surface area (Å²) in [6.07, 6.45) is 1.50. The van der Waals surface area contributed by atoms with Gasteiger partial charge in [-0.2, -0.15) is 14.4 Å². The molecule has 0 saturated heterocycles. The maximum Gasteiger partial charge on any atom is 0.278 e. The molecule has 9 nitrogen and oxygen atoms in total. The monoisotopic (exact) mass is 355 g/mol. The first-order valence-electron chi connectivity index (χ1n) is 7.80. The molecular formula is C14H21N5O4S. The number of unbranched alkanes of at least 4 members (excludes halogenated alkanes) is 1. The molecule has 1 aliphatic rings. The van der Waals surface area contributed by atoms with Crippen LogP contribution in [0.15, 0.2) is 4.52 Å². The second-order valence-corrected chi connectivity index (χ2v) is 7.87. The van der Waals surface area contributed by atoms with Crippen LogP contribution in [-0.4, -0.2) is 45.5 Å². The zero-order valence-electron chi connectivity index (χ0n) is 14.0. The van der Waals surface area contributed by atoms with Gasteiger partial charge in [0.05, 0.1) is 18.0 Å². The maximum absolute atomic E-state index is 12.4. The van der Waals surface area contributed by atoms with Crippen LogP contribution in [0.5, 0.6) is 0 Å². The maximum atomic E-state index is 12.4. The third-order valence-electron chi connectivity index (χ3n) is 4.03. The van der Waals surface area contributed by atoms with Crippen molar-refractivity contribution >= 4 is 10.0 Å². The Labute approximate surface area is 140 Å². The van der Waals surface area contributed by atoms with E-state index in [-0.39, 0.29) is 24.8 Å². The highest BCUT2D eigenvalue weighted by Gasteiger charge is 2.35. The van der Waals surface area contributed by atoms with E-state index >= 15 is 0 Å². The molecule has 0 bridgehead atoms. The summed E-state index contributed by atoms with van der Waals surface area (Å²) in [5.41, 5.74) is 2.22. The van der Waals surface area contributed by atoms with Crippen LogP contribution in [0.1, 0.15) is 36.8 Å². The fraction of sp³-hybridized carbons (Fsp3) is 0.643. The van der Waals surface area contributed by atoms with Gasteiger partial charge in [0.1, 0.15) is 6.61 Å². The topological polar surface area (TPSA) is 103 Å². The first-order valence-corrected chi connectivity index (χ1v) is 9.41. The van der Waals surface area contributed by atoms with E-state index in [2.05, 4.69) is 15.2 Å². The fourth-order valence-corrected chi connectivity index (χ4v) is 4.28. The molecule has 0 unspecified atom stereocenters. The normalized spacial score (nSPS) is 15.1. The molecule has 0 aliphatic carbocycles. The smallest absolute Gasteiger partial charge is 0.278 e. The lowest BCUT2D eigenvalue weighted by atomic mass is 10.2. The van der Waals surface area contributed by atoms with Gasteiger partial charge in [-0.25, -0.2) is 8.42 Å². The number of ether oxygens (including phenoxy) is 1. The van der Waals surface area contributed by atoms with Gasteiger partial charge in [-0.05, 0) is 6.42 Å². The van der Waals surface area contributed by atoms with Crippen molar-refractivity contribution in [3.8, 4) is 11.6 Å². The Morgan fingerprint density at radius 1 is 1.33 bits per heavy atom. The zero-order chi connectivity index (χ0) is 17.3. The minimum absolute atomic E-state index is 0.165. The van der Waals surface area contributed by atoms with E-state index in [1.54, 1.807) is 18.8 Å². The highest BCUT2D eigenvalue weighted by molar-refractivity contribution is 7.89. The molecule has 3 heterocycles. The van der Waals surface area contributed by atoms with Gasteiger partial charge in [0.25, 0.3) is 5.89 Å². The third kappa shape index (κ3) is 3.08. The van der Waals surface area contributed by atoms with E-state index in [1.165, 1.54) is 4.31 Å². The Balaban J connectivity index is 1.87. The summed E-state index contributed by atoms with van der Waals surface area (Å²) >= 11 is 0. The number of aromatic nitrogens is 4. The molecule has 0 spiro atoms. The first-order chi connectivity index (χ1) is 11.5. The average Bonchev–Trinajstić information content (AvgIpc) is 3.23. The second-order valence-electron chi connectivity index (χ2n) is 5.78. The number of hydrogen-bond acceptors (Lipinski definition) is 7. The van der Waals surface area contributed by atoms with Crippen LogP contribution in [0.25, 0.3) is 11.6 Å². The molecule has 0 radical (unpaired) electrons. The van der Waals surface area contributed by atoms with E-state index in [0.29, 0.717) is 24.5 Å². The van der Waals surface area contributed by atoms with Crippen molar-refractivity contribution < 1.29 is 17.7 Å². The van der Waals surface area contributed by atoms with Crippen molar-refractivity contribution in [2.75, 3.05) is 12.9 Å². The molecule has 1 aliphatic heterocycles. The van der Waals surface area contributed by atoms with Gasteiger partial charge in [-0.3, -0.25) is 4.68 Å². The lowest BCUT2D eigenvalue weighted by Crippen LogP contribution is -2.28. The van der Waals surface area contributed by atoms with Crippen LogP contribution >= 0.6 is 0 Å². The quantitative estimate of drug-likeness (QED) is 0.731. The predicted octanol–water partition coefficient (Wildman–Crippen LogP) is 1.06. The van der Waals surface area contributed by atoms with Crippen molar-refractivity contribution in [1.29, 1.82) is 0 Å². The van der Waals surface area contributed by atoms with E-state index in [1.807, 2.05) is 6.92 Å². The van der Waals surface area contributed by atoms with Crippen LogP contribution in [0.4, 0.5) is 0 Å². The van der Waals surface area contributed by atoms with Gasteiger partial charge in [0.15, 0.2) is 11.5 Å². The van der Waals surface area contributed by atoms with Crippen molar-refractivity contribution in [3.63, 3.8) is 0 Å². The fourth-order valence-electron chi connectivity index (χ4n) is 2.73. The van der Waals surface area contributed by atoms with Gasteiger partial charge < -0.3 is 9.26 Å². The van der Waals surface area contributed by atoms with Gasteiger partial charge >= 0.3 is 0 Å². The van der Waals surface area contributed by atoms with E-state index < -0.39 is 10.0 Å². The lowest BCUT2D eigenvalue weighted by molar-refractivity contribution is 0.174. The van der Waals surface area contributed by atoms with Crippen molar-refractivity contribution in [2.45, 2.75) is 39.5 Å². The van der Waals surface area contributed by atoms with E-state index in [9.17, 15) is 8.42 Å². The highest BCUT2D eigenvalue weighted by atomic mass is 32.2. The summed E-state index contributed by atoms with van der Waals surface area (Å²) in [7, 11) is 0.0645. The molecule has 0 N–H and O–H groups in total. The van der Waals surface area contributed by atoms with Crippen molar-refractivity contribution in [1.82, 2.24) is 24.2 Å². The molecular weight excluding hydrogens is 334 g/mol. The van der Waals surface area contributed by atoms with Gasteiger partial charge in [-0.1, -0.05) is 18.5 Å². The Hall–Kier alpha value is -1.78. The first kappa shape index (κ1) is 17.1. The second kappa shape index (κ2) is 6.61. The molecule has 132 valence electrons. The van der Waals surface area contributed by atoms with Gasteiger partial charge in [-0.15, -0.1) is 0 Å². The minimum Gasteiger partial charge on any atom is -0.377 e. The molecule has 0 saturated carbocycles. The van der Waals surface area contributed by atoms with Crippen LogP contribution in [0, 0.1) is 0 Å². The number of fused-ring (bicyclic) bond motifs is 1. The summed E-state index contributed by atoms with van der Waals surface area (Å²) in [5.74, 6) is 0.878. The number of hydrogen-bond donors (Lipinski definition) is 0. The molecule has 2 aromatic heterocycles. The van der Waals surface area contributed by atoms with E-state index in [4.69, 9.17) is 9.26 Å². The number of aryl methyl sites for hydroxylation is 1. The van der Waals surface area contributed by atoms with Crippen molar-refractivity contribution in [3.05, 3.63) is 17.1 Å². The number of nitrogens with zero attached hydrogens (tertiary/aromatic N) is 5. The molecule has 24 heavy (non-hydrogen) atoms. The Morgan fingerprint density at radius 2 is 2.12 bits per heavy atom. The van der Waals surface area contributed by atoms with Crippen LogP contribution in [0.3, 0.4) is 0 Å². The molecule has 3 rings (SSSR count). The average molecular weight is 355 g/mol. The van der Waals surface area contributed by atoms with E-state index in [0.717, 1.165) is 17.7 Å². The molecule has 0 atom stereocenters. The number of sulfonamides is 1. The molecule has 0 amide bonds. The summed E-state index contributed by atoms with van der Waals surface area (Å²) in [6.45, 7) is 2.83. The summed E-state index contributed by atoms with van der Waals surface area (Å²) in [6, 6.07) is 0. The van der Waals surface area contributed by atoms with Crippen molar-refractivity contribution in [2.24, 2.45) is 7.05 Å². The largest absolute Gasteiger partial charge is 0.377 e. The van der Waals surface area contributed by atoms with Gasteiger partial charge in [0, 0.05) is 26.3 Å². The molecule has 2 aromatic rings. The summed E-state index contributed by atoms with van der Waals surface area (Å²) in [4.78, 5) is 4.25. The predicted molar refractivity (Wildman–Crippen MR) is 85.2 cm³/mol. The summed E-state index contributed by atoms with van der Waals surface area (Å²) in [5, 5.41) is 8.25. The highest BCUT2D eigenvalue weighted by Crippen LogP contribution is 2.32. The SMILES string of the molecule is CCCCS(=O)(=O)N1Cc2c(-c3nc(COC)no3)nn(C)c2C1. The Morgan fingerprint density at radius 3 is 2.83 bits per heavy atom. The molecule has 10 heteroatoms. The Bertz CT molecular complexity index is 826. The number of methoxy groups -OCH3 is 1. The van der Waals surface area contributed by atoms with Crippen LogP contribution in [-0.2, 0) is 41.5 Å².